The van der Waals surface area contributed by atoms with E-state index in [0.29, 0.717) is 13.1 Å². The van der Waals surface area contributed by atoms with Gasteiger partial charge in [-0.25, -0.2) is 0 Å². The second-order valence-corrected chi connectivity index (χ2v) is 4.49. The summed E-state index contributed by atoms with van der Waals surface area (Å²) in [6.07, 6.45) is 3.53. The van der Waals surface area contributed by atoms with Gasteiger partial charge >= 0.3 is 5.97 Å². The van der Waals surface area contributed by atoms with Gasteiger partial charge in [0.15, 0.2) is 0 Å². The molecule has 0 radical (unpaired) electrons. The number of carbonyl (C=O) groups excluding carboxylic acids is 1. The first kappa shape index (κ1) is 12.4. The van der Waals surface area contributed by atoms with E-state index in [-0.39, 0.29) is 9.89 Å². The summed E-state index contributed by atoms with van der Waals surface area (Å²) in [7, 11) is 1.40. The number of methoxy groups -OCH3 is 1. The highest BCUT2D eigenvalue weighted by Gasteiger charge is 2.13. The number of rotatable bonds is 5. The van der Waals surface area contributed by atoms with Crippen LogP contribution in [0, 0.1) is 0 Å². The van der Waals surface area contributed by atoms with E-state index in [1.807, 2.05) is 12.1 Å². The van der Waals surface area contributed by atoms with Crippen LogP contribution in [0.1, 0.15) is 5.56 Å². The van der Waals surface area contributed by atoms with Gasteiger partial charge in [-0.1, -0.05) is 28.7 Å². The van der Waals surface area contributed by atoms with Gasteiger partial charge in [-0.2, -0.15) is 0 Å². The molecule has 15 heavy (non-hydrogen) atoms. The van der Waals surface area contributed by atoms with Crippen molar-refractivity contribution in [2.75, 3.05) is 13.7 Å². The maximum absolute atomic E-state index is 11.1. The van der Waals surface area contributed by atoms with Gasteiger partial charge in [0.05, 0.1) is 7.11 Å². The van der Waals surface area contributed by atoms with Crippen LogP contribution in [0.4, 0.5) is 0 Å². The molecule has 82 valence electrons. The third kappa shape index (κ3) is 4.57. The van der Waals surface area contributed by atoms with Crippen molar-refractivity contribution in [2.24, 2.45) is 0 Å². The molecule has 0 aliphatic carbocycles. The van der Waals surface area contributed by atoms with Gasteiger partial charge < -0.3 is 10.1 Å². The maximum atomic E-state index is 11.1. The molecule has 1 rings (SSSR count). The Morgan fingerprint density at radius 3 is 3.13 bits per heavy atom. The van der Waals surface area contributed by atoms with Gasteiger partial charge in [-0.05, 0) is 11.6 Å². The van der Waals surface area contributed by atoms with Crippen LogP contribution in [0.2, 0.25) is 0 Å². The maximum Gasteiger partial charge on any atom is 0.319 e. The molecule has 0 aliphatic rings. The van der Waals surface area contributed by atoms with Crippen LogP contribution in [0.15, 0.2) is 24.5 Å². The van der Waals surface area contributed by atoms with Crippen LogP contribution in [0.5, 0.6) is 0 Å². The summed E-state index contributed by atoms with van der Waals surface area (Å²) in [5, 5.41) is 3.17. The van der Waals surface area contributed by atoms with Crippen molar-refractivity contribution in [1.29, 1.82) is 0 Å². The first-order valence-electron chi connectivity index (χ1n) is 4.55. The summed E-state index contributed by atoms with van der Waals surface area (Å²) in [4.78, 5) is 15.1. The third-order valence-electron chi connectivity index (χ3n) is 1.83. The number of ether oxygens (including phenoxy) is 1. The Kier molecular flexibility index (Phi) is 5.56. The Morgan fingerprint density at radius 1 is 1.73 bits per heavy atom. The molecule has 0 bridgehead atoms. The standard InChI is InChI=1S/C10H13IN2O2/c1-15-10(14)9(11)7-13-6-8-3-2-4-12-5-8/h2-5,9,13H,6-7H2,1H3. The van der Waals surface area contributed by atoms with E-state index in [1.54, 1.807) is 12.4 Å². The van der Waals surface area contributed by atoms with Gasteiger partial charge in [-0.15, -0.1) is 0 Å². The quantitative estimate of drug-likeness (QED) is 0.502. The topological polar surface area (TPSA) is 51.2 Å². The molecule has 0 aliphatic heterocycles. The average molecular weight is 320 g/mol. The highest BCUT2D eigenvalue weighted by atomic mass is 127. The number of nitrogens with one attached hydrogen (secondary N) is 1. The van der Waals surface area contributed by atoms with Gasteiger partial charge in [-0.3, -0.25) is 9.78 Å². The summed E-state index contributed by atoms with van der Waals surface area (Å²) in [5.74, 6) is -0.200. The number of halogens is 1. The summed E-state index contributed by atoms with van der Waals surface area (Å²) < 4.78 is 4.47. The van der Waals surface area contributed by atoms with Crippen LogP contribution in [0.25, 0.3) is 0 Å². The Bertz CT molecular complexity index is 306. The van der Waals surface area contributed by atoms with Crippen molar-refractivity contribution in [3.05, 3.63) is 30.1 Å². The second-order valence-electron chi connectivity index (χ2n) is 2.98. The Hall–Kier alpha value is -0.690. The number of aromatic nitrogens is 1. The first-order valence-corrected chi connectivity index (χ1v) is 5.80. The number of alkyl halides is 1. The van der Waals surface area contributed by atoms with Gasteiger partial charge in [0.2, 0.25) is 0 Å². The van der Waals surface area contributed by atoms with Gasteiger partial charge in [0, 0.05) is 25.5 Å². The molecule has 4 nitrogen and oxygen atoms in total. The van der Waals surface area contributed by atoms with Crippen LogP contribution in [-0.4, -0.2) is 28.5 Å². The van der Waals surface area contributed by atoms with E-state index in [0.717, 1.165) is 5.56 Å². The lowest BCUT2D eigenvalue weighted by Gasteiger charge is -2.08. The molecule has 5 heteroatoms. The summed E-state index contributed by atoms with van der Waals surface area (Å²) in [6.45, 7) is 1.31. The fraction of sp³-hybridized carbons (Fsp3) is 0.400. The Morgan fingerprint density at radius 2 is 2.53 bits per heavy atom. The zero-order chi connectivity index (χ0) is 11.1. The molecule has 0 saturated carbocycles. The van der Waals surface area contributed by atoms with Crippen LogP contribution in [-0.2, 0) is 16.1 Å². The molecular formula is C10H13IN2O2. The van der Waals surface area contributed by atoms with Crippen molar-refractivity contribution in [3.8, 4) is 0 Å². The molecule has 0 amide bonds. The number of pyridine rings is 1. The monoisotopic (exact) mass is 320 g/mol. The summed E-state index contributed by atoms with van der Waals surface area (Å²) in [6, 6.07) is 3.87. The summed E-state index contributed by atoms with van der Waals surface area (Å²) >= 11 is 2.06. The minimum Gasteiger partial charge on any atom is -0.468 e. The van der Waals surface area contributed by atoms with Gasteiger partial charge in [0.25, 0.3) is 0 Å². The molecule has 1 aromatic heterocycles. The lowest BCUT2D eigenvalue weighted by atomic mass is 10.3. The lowest BCUT2D eigenvalue weighted by Crippen LogP contribution is -2.29. The zero-order valence-corrected chi connectivity index (χ0v) is 10.6. The van der Waals surface area contributed by atoms with Crippen molar-refractivity contribution in [2.45, 2.75) is 10.5 Å². The molecule has 1 unspecified atom stereocenters. The normalized spacial score (nSPS) is 12.1. The van der Waals surface area contributed by atoms with E-state index in [1.165, 1.54) is 7.11 Å². The van der Waals surface area contributed by atoms with Crippen molar-refractivity contribution in [3.63, 3.8) is 0 Å². The third-order valence-corrected chi connectivity index (χ3v) is 2.78. The summed E-state index contributed by atoms with van der Waals surface area (Å²) in [5.41, 5.74) is 1.10. The number of hydrogen-bond acceptors (Lipinski definition) is 4. The SMILES string of the molecule is COC(=O)C(I)CNCc1cccnc1. The van der Waals surface area contributed by atoms with Gasteiger partial charge in [0.1, 0.15) is 3.92 Å². The largest absolute Gasteiger partial charge is 0.468 e. The second kappa shape index (κ2) is 6.73. The molecule has 1 aromatic rings. The fourth-order valence-electron chi connectivity index (χ4n) is 1.06. The average Bonchev–Trinajstić information content (AvgIpc) is 2.29. The minimum absolute atomic E-state index is 0.149. The van der Waals surface area contributed by atoms with E-state index in [4.69, 9.17) is 0 Å². The van der Waals surface area contributed by atoms with Crippen LogP contribution >= 0.6 is 22.6 Å². The zero-order valence-electron chi connectivity index (χ0n) is 8.44. The van der Waals surface area contributed by atoms with E-state index < -0.39 is 0 Å². The minimum atomic E-state index is -0.200. The van der Waals surface area contributed by atoms with E-state index in [9.17, 15) is 4.79 Å². The van der Waals surface area contributed by atoms with Crippen LogP contribution < -0.4 is 5.32 Å². The Labute approximate surface area is 103 Å². The molecule has 0 saturated heterocycles. The first-order chi connectivity index (χ1) is 7.24. The predicted octanol–water partition coefficient (Wildman–Crippen LogP) is 1.15. The van der Waals surface area contributed by atoms with Crippen molar-refractivity contribution in [1.82, 2.24) is 10.3 Å². The molecule has 1 heterocycles. The molecule has 0 aromatic carbocycles. The fourth-order valence-corrected chi connectivity index (χ4v) is 1.62. The Balaban J connectivity index is 2.25. The van der Waals surface area contributed by atoms with Crippen molar-refractivity contribution >= 4 is 28.6 Å². The molecule has 1 N–H and O–H groups in total. The molecular weight excluding hydrogens is 307 g/mol. The number of nitrogens with zero attached hydrogens (tertiary/aromatic N) is 1. The molecule has 1 atom stereocenters. The number of esters is 1. The highest BCUT2D eigenvalue weighted by molar-refractivity contribution is 14.1. The highest BCUT2D eigenvalue weighted by Crippen LogP contribution is 2.02. The number of hydrogen-bond donors (Lipinski definition) is 1. The number of carbonyl (C=O) groups is 1. The van der Waals surface area contributed by atoms with Crippen molar-refractivity contribution < 1.29 is 9.53 Å². The van der Waals surface area contributed by atoms with Crippen LogP contribution in [0.3, 0.4) is 0 Å². The lowest BCUT2D eigenvalue weighted by molar-refractivity contribution is -0.139. The van der Waals surface area contributed by atoms with E-state index >= 15 is 0 Å². The van der Waals surface area contributed by atoms with E-state index in [2.05, 4.69) is 37.6 Å². The molecule has 0 spiro atoms. The molecule has 0 fully saturated rings. The smallest absolute Gasteiger partial charge is 0.319 e. The predicted molar refractivity (Wildman–Crippen MR) is 65.8 cm³/mol.